The van der Waals surface area contributed by atoms with Crippen molar-refractivity contribution in [3.05, 3.63) is 34.6 Å². The van der Waals surface area contributed by atoms with Crippen molar-refractivity contribution in [1.82, 2.24) is 5.32 Å². The lowest BCUT2D eigenvalue weighted by molar-refractivity contribution is -0.136. The van der Waals surface area contributed by atoms with E-state index < -0.39 is 5.82 Å². The zero-order chi connectivity index (χ0) is 18.0. The molecule has 4 rings (SSSR count). The normalized spacial score (nSPS) is 38.4. The van der Waals surface area contributed by atoms with Crippen molar-refractivity contribution < 1.29 is 13.9 Å². The first kappa shape index (κ1) is 17.3. The van der Waals surface area contributed by atoms with Crippen LogP contribution < -0.4 is 5.32 Å². The van der Waals surface area contributed by atoms with Crippen LogP contribution in [-0.2, 0) is 9.53 Å². The van der Waals surface area contributed by atoms with Crippen molar-refractivity contribution in [1.29, 1.82) is 0 Å². The molecule has 1 aliphatic heterocycles. The van der Waals surface area contributed by atoms with E-state index in [1.54, 1.807) is 19.1 Å². The zero-order valence-corrected chi connectivity index (χ0v) is 15.7. The number of ether oxygens (including phenoxy) is 1. The van der Waals surface area contributed by atoms with Crippen LogP contribution in [0.3, 0.4) is 0 Å². The second kappa shape index (κ2) is 5.68. The minimum atomic E-state index is -0.402. The summed E-state index contributed by atoms with van der Waals surface area (Å²) in [7, 11) is 0. The van der Waals surface area contributed by atoms with Gasteiger partial charge in [-0.1, -0.05) is 31.5 Å². The van der Waals surface area contributed by atoms with Crippen LogP contribution in [0.25, 0.3) is 0 Å². The highest BCUT2D eigenvalue weighted by Gasteiger charge is 2.68. The van der Waals surface area contributed by atoms with Gasteiger partial charge in [-0.05, 0) is 59.6 Å². The monoisotopic (exact) mass is 365 g/mol. The Morgan fingerprint density at radius 2 is 2.16 bits per heavy atom. The van der Waals surface area contributed by atoms with E-state index in [-0.39, 0.29) is 33.9 Å². The van der Waals surface area contributed by atoms with Crippen molar-refractivity contribution in [2.45, 2.75) is 52.2 Å². The second-order valence-corrected chi connectivity index (χ2v) is 9.05. The predicted octanol–water partition coefficient (Wildman–Crippen LogP) is 4.50. The molecule has 0 unspecified atom stereocenters. The van der Waals surface area contributed by atoms with Crippen LogP contribution in [-0.4, -0.2) is 18.6 Å². The molecule has 0 aromatic heterocycles. The van der Waals surface area contributed by atoms with Crippen LogP contribution in [0.4, 0.5) is 4.39 Å². The van der Waals surface area contributed by atoms with Gasteiger partial charge in [0.2, 0.25) is 5.91 Å². The Morgan fingerprint density at radius 1 is 1.40 bits per heavy atom. The number of nitrogens with one attached hydrogen (secondary N) is 1. The van der Waals surface area contributed by atoms with Gasteiger partial charge in [0, 0.05) is 19.6 Å². The highest BCUT2D eigenvalue weighted by atomic mass is 35.5. The number of hydrogen-bond acceptors (Lipinski definition) is 2. The zero-order valence-electron chi connectivity index (χ0n) is 14.9. The molecular formula is C20H25ClFNO2. The summed E-state index contributed by atoms with van der Waals surface area (Å²) < 4.78 is 19.7. The fourth-order valence-electron chi connectivity index (χ4n) is 6.01. The van der Waals surface area contributed by atoms with Gasteiger partial charge in [0.15, 0.2) is 0 Å². The minimum absolute atomic E-state index is 0.0339. The quantitative estimate of drug-likeness (QED) is 0.838. The SMILES string of the molecule is CC(=O)N[C@H]1C(C)(C)[C@@H]2C[C@@H]3[C@@H](c4ccc(F)c(Cl)c4)OCC[C@@]31C2. The molecule has 1 amide bonds. The third kappa shape index (κ3) is 2.44. The Bertz CT molecular complexity index is 722. The molecule has 25 heavy (non-hydrogen) atoms. The van der Waals surface area contributed by atoms with E-state index in [2.05, 4.69) is 19.2 Å². The maximum Gasteiger partial charge on any atom is 0.217 e. The first-order valence-electron chi connectivity index (χ1n) is 9.09. The van der Waals surface area contributed by atoms with Crippen molar-refractivity contribution in [2.24, 2.45) is 22.7 Å². The van der Waals surface area contributed by atoms with Crippen LogP contribution >= 0.6 is 11.6 Å². The first-order chi connectivity index (χ1) is 11.8. The summed E-state index contributed by atoms with van der Waals surface area (Å²) in [6.07, 6.45) is 3.10. The Kier molecular flexibility index (Phi) is 3.93. The van der Waals surface area contributed by atoms with Gasteiger partial charge in [0.25, 0.3) is 0 Å². The molecule has 136 valence electrons. The molecule has 1 N–H and O–H groups in total. The molecule has 1 aromatic rings. The number of fused-ring (bicyclic) bond motifs is 1. The van der Waals surface area contributed by atoms with Gasteiger partial charge in [0.1, 0.15) is 5.82 Å². The van der Waals surface area contributed by atoms with E-state index in [1.807, 2.05) is 0 Å². The summed E-state index contributed by atoms with van der Waals surface area (Å²) in [6.45, 7) is 6.82. The van der Waals surface area contributed by atoms with Gasteiger partial charge in [0.05, 0.1) is 11.1 Å². The molecule has 5 atom stereocenters. The van der Waals surface area contributed by atoms with E-state index in [4.69, 9.17) is 16.3 Å². The maximum absolute atomic E-state index is 13.6. The lowest BCUT2D eigenvalue weighted by Crippen LogP contribution is -2.58. The summed E-state index contributed by atoms with van der Waals surface area (Å²) in [6, 6.07) is 5.06. The molecule has 1 saturated heterocycles. The third-order valence-corrected chi connectivity index (χ3v) is 7.41. The summed E-state index contributed by atoms with van der Waals surface area (Å²) in [5.74, 6) is 0.528. The Balaban J connectivity index is 1.72. The summed E-state index contributed by atoms with van der Waals surface area (Å²) in [5, 5.41) is 3.41. The van der Waals surface area contributed by atoms with E-state index in [0.717, 1.165) is 24.8 Å². The van der Waals surface area contributed by atoms with E-state index in [0.29, 0.717) is 18.4 Å². The van der Waals surface area contributed by atoms with Crippen LogP contribution in [0, 0.1) is 28.5 Å². The number of amides is 1. The lowest BCUT2D eigenvalue weighted by atomic mass is 9.59. The molecule has 2 bridgehead atoms. The van der Waals surface area contributed by atoms with Crippen molar-refractivity contribution in [3.8, 4) is 0 Å². The minimum Gasteiger partial charge on any atom is -0.373 e. The molecule has 2 aliphatic carbocycles. The maximum atomic E-state index is 13.6. The highest BCUT2D eigenvalue weighted by molar-refractivity contribution is 6.30. The fraction of sp³-hybridized carbons (Fsp3) is 0.650. The average molecular weight is 366 g/mol. The Hall–Kier alpha value is -1.13. The van der Waals surface area contributed by atoms with Crippen LogP contribution in [0.2, 0.25) is 5.02 Å². The molecule has 3 aliphatic rings. The third-order valence-electron chi connectivity index (χ3n) is 7.12. The fourth-order valence-corrected chi connectivity index (χ4v) is 6.20. The number of carbonyl (C=O) groups is 1. The number of halogens is 2. The predicted molar refractivity (Wildman–Crippen MR) is 94.8 cm³/mol. The van der Waals surface area contributed by atoms with E-state index >= 15 is 0 Å². The van der Waals surface area contributed by atoms with Gasteiger partial charge < -0.3 is 10.1 Å². The van der Waals surface area contributed by atoms with Gasteiger partial charge in [-0.3, -0.25) is 4.79 Å². The topological polar surface area (TPSA) is 38.3 Å². The summed E-state index contributed by atoms with van der Waals surface area (Å²) in [5.41, 5.74) is 1.09. The smallest absolute Gasteiger partial charge is 0.217 e. The number of hydrogen-bond donors (Lipinski definition) is 1. The summed E-state index contributed by atoms with van der Waals surface area (Å²) >= 11 is 6.01. The molecule has 1 spiro atoms. The summed E-state index contributed by atoms with van der Waals surface area (Å²) in [4.78, 5) is 11.9. The molecule has 2 saturated carbocycles. The molecule has 1 aromatic carbocycles. The van der Waals surface area contributed by atoms with Crippen LogP contribution in [0.5, 0.6) is 0 Å². The van der Waals surface area contributed by atoms with Crippen LogP contribution in [0.15, 0.2) is 18.2 Å². The lowest BCUT2D eigenvalue weighted by Gasteiger charge is -2.53. The highest BCUT2D eigenvalue weighted by Crippen LogP contribution is 2.70. The van der Waals surface area contributed by atoms with E-state index in [9.17, 15) is 9.18 Å². The molecule has 3 fully saturated rings. The van der Waals surface area contributed by atoms with Crippen LogP contribution in [0.1, 0.15) is 51.7 Å². The van der Waals surface area contributed by atoms with E-state index in [1.165, 1.54) is 6.07 Å². The van der Waals surface area contributed by atoms with Crippen molar-refractivity contribution in [3.63, 3.8) is 0 Å². The van der Waals surface area contributed by atoms with Crippen molar-refractivity contribution in [2.75, 3.05) is 6.61 Å². The first-order valence-corrected chi connectivity index (χ1v) is 9.47. The van der Waals surface area contributed by atoms with Crippen molar-refractivity contribution >= 4 is 17.5 Å². The number of carbonyl (C=O) groups excluding carboxylic acids is 1. The molecule has 3 nitrogen and oxygen atoms in total. The van der Waals surface area contributed by atoms with Gasteiger partial charge in [-0.25, -0.2) is 4.39 Å². The van der Waals surface area contributed by atoms with Gasteiger partial charge in [-0.2, -0.15) is 0 Å². The van der Waals surface area contributed by atoms with Gasteiger partial charge >= 0.3 is 0 Å². The largest absolute Gasteiger partial charge is 0.373 e. The molecule has 0 radical (unpaired) electrons. The molecule has 5 heteroatoms. The molecule has 1 heterocycles. The Labute approximate surface area is 153 Å². The molecular weight excluding hydrogens is 341 g/mol. The standard InChI is InChI=1S/C20H25ClFNO2/c1-11(24)23-18-19(2,3)13-9-14-17(25-7-6-20(14,18)10-13)12-4-5-16(22)15(21)8-12/h4-5,8,13-14,17-18H,6-7,9-10H2,1-3H3,(H,23,24)/t13-,14-,17-,18+,20-/m1/s1. The number of benzene rings is 1. The van der Waals surface area contributed by atoms with Gasteiger partial charge in [-0.15, -0.1) is 0 Å². The Morgan fingerprint density at radius 3 is 2.84 bits per heavy atom. The number of rotatable bonds is 2. The second-order valence-electron chi connectivity index (χ2n) is 8.65. The average Bonchev–Trinajstić information content (AvgIpc) is 3.03.